The number of nitrogens with one attached hydrogen (secondary N) is 1. The van der Waals surface area contributed by atoms with Crippen molar-refractivity contribution in [3.8, 4) is 0 Å². The van der Waals surface area contributed by atoms with Crippen molar-refractivity contribution in [1.82, 2.24) is 20.2 Å². The van der Waals surface area contributed by atoms with Gasteiger partial charge in [0.15, 0.2) is 11.3 Å². The van der Waals surface area contributed by atoms with Crippen LogP contribution in [-0.2, 0) is 25.5 Å². The quantitative estimate of drug-likeness (QED) is 0.160. The van der Waals surface area contributed by atoms with Crippen LogP contribution in [0.5, 0.6) is 0 Å². The van der Waals surface area contributed by atoms with Crippen molar-refractivity contribution >= 4 is 41.3 Å². The maximum atomic E-state index is 14.1. The number of hydrogen-bond acceptors (Lipinski definition) is 8. The first-order valence-electron chi connectivity index (χ1n) is 13.8. The summed E-state index contributed by atoms with van der Waals surface area (Å²) in [5.74, 6) is -0.808. The zero-order valence-electron chi connectivity index (χ0n) is 23.3. The minimum absolute atomic E-state index is 0.161. The molecule has 10 heteroatoms. The maximum absolute atomic E-state index is 14.1. The summed E-state index contributed by atoms with van der Waals surface area (Å²) in [6, 6.07) is 29.4. The molecule has 0 spiro atoms. The van der Waals surface area contributed by atoms with E-state index in [1.54, 1.807) is 12.3 Å². The number of aryl methyl sites for hydroxylation is 1. The van der Waals surface area contributed by atoms with Crippen LogP contribution in [0.25, 0.3) is 0 Å². The molecule has 1 fully saturated rings. The van der Waals surface area contributed by atoms with Gasteiger partial charge in [0, 0.05) is 22.5 Å². The molecule has 1 N–H and O–H groups in total. The van der Waals surface area contributed by atoms with E-state index in [1.165, 1.54) is 28.4 Å². The number of carbonyl (C=O) groups excluding carboxylic acids is 3. The zero-order valence-corrected chi connectivity index (χ0v) is 24.9. The third-order valence-corrected chi connectivity index (χ3v) is 9.49. The topological polar surface area (TPSA) is 101 Å². The van der Waals surface area contributed by atoms with E-state index in [1.807, 2.05) is 97.9 Å². The normalized spacial score (nSPS) is 17.7. The number of β-lactam (4-membered cyclic amide) rings is 1. The second-order valence-corrected chi connectivity index (χ2v) is 12.2. The Balaban J connectivity index is 1.29. The molecule has 2 aliphatic rings. The molecular weight excluding hydrogens is 581 g/mol. The van der Waals surface area contributed by atoms with Crippen molar-refractivity contribution in [2.24, 2.45) is 0 Å². The largest absolute Gasteiger partial charge is 0.448 e. The smallest absolute Gasteiger partial charge is 0.356 e. The molecular formula is C33H28N4O4S2. The van der Waals surface area contributed by atoms with Crippen molar-refractivity contribution in [3.63, 3.8) is 0 Å². The summed E-state index contributed by atoms with van der Waals surface area (Å²) in [4.78, 5) is 51.4. The minimum atomic E-state index is -0.746. The van der Waals surface area contributed by atoms with Gasteiger partial charge < -0.3 is 10.1 Å². The number of aromatic nitrogens is 2. The average molecular weight is 609 g/mol. The van der Waals surface area contributed by atoms with E-state index in [0.29, 0.717) is 15.8 Å². The highest BCUT2D eigenvalue weighted by Crippen LogP contribution is 2.45. The number of ether oxygens (including phenoxy) is 1. The molecule has 0 saturated carbocycles. The summed E-state index contributed by atoms with van der Waals surface area (Å²) in [7, 11) is 0. The van der Waals surface area contributed by atoms with Crippen LogP contribution in [0.1, 0.15) is 28.5 Å². The average Bonchev–Trinajstić information content (AvgIpc) is 3.03. The Morgan fingerprint density at radius 1 is 0.977 bits per heavy atom. The molecule has 1 saturated heterocycles. The van der Waals surface area contributed by atoms with E-state index < -0.39 is 23.5 Å². The lowest BCUT2D eigenvalue weighted by atomic mass is 10.0. The number of fused-ring (bicyclic) bond motifs is 1. The Kier molecular flexibility index (Phi) is 8.57. The van der Waals surface area contributed by atoms with Gasteiger partial charge in [0.25, 0.3) is 5.91 Å². The lowest BCUT2D eigenvalue weighted by Gasteiger charge is -2.49. The number of hydrogen-bond donors (Lipinski definition) is 1. The number of esters is 1. The lowest BCUT2D eigenvalue weighted by Crippen LogP contribution is -2.70. The Hall–Kier alpha value is -4.41. The molecule has 43 heavy (non-hydrogen) atoms. The van der Waals surface area contributed by atoms with Gasteiger partial charge in [0.2, 0.25) is 5.91 Å². The highest BCUT2D eigenvalue weighted by molar-refractivity contribution is 8.06. The fourth-order valence-corrected chi connectivity index (χ4v) is 7.43. The molecule has 3 heterocycles. The molecule has 0 aliphatic carbocycles. The number of thioether (sulfide) groups is 2. The van der Waals surface area contributed by atoms with Crippen LogP contribution in [0.15, 0.2) is 119 Å². The van der Waals surface area contributed by atoms with Crippen LogP contribution in [0.3, 0.4) is 0 Å². The fourth-order valence-electron chi connectivity index (χ4n) is 5.00. The van der Waals surface area contributed by atoms with E-state index in [4.69, 9.17) is 4.74 Å². The summed E-state index contributed by atoms with van der Waals surface area (Å²) in [5, 5.41) is 2.92. The van der Waals surface area contributed by atoms with Gasteiger partial charge in [-0.25, -0.2) is 14.8 Å². The molecule has 3 aromatic carbocycles. The Morgan fingerprint density at radius 3 is 2.23 bits per heavy atom. The highest BCUT2D eigenvalue weighted by atomic mass is 32.2. The molecule has 2 amide bonds. The van der Waals surface area contributed by atoms with E-state index in [9.17, 15) is 14.4 Å². The van der Waals surface area contributed by atoms with Gasteiger partial charge in [-0.1, -0.05) is 103 Å². The lowest BCUT2D eigenvalue weighted by molar-refractivity contribution is -0.154. The van der Waals surface area contributed by atoms with E-state index in [-0.39, 0.29) is 23.9 Å². The number of rotatable bonds is 9. The van der Waals surface area contributed by atoms with Gasteiger partial charge in [-0.15, -0.1) is 11.8 Å². The second kappa shape index (κ2) is 12.8. The summed E-state index contributed by atoms with van der Waals surface area (Å²) in [5.41, 5.74) is 3.42. The van der Waals surface area contributed by atoms with Crippen molar-refractivity contribution < 1.29 is 19.1 Å². The fraction of sp³-hybridized carbons (Fsp3) is 0.182. The minimum Gasteiger partial charge on any atom is -0.448 e. The second-order valence-electron chi connectivity index (χ2n) is 10.1. The van der Waals surface area contributed by atoms with Crippen LogP contribution < -0.4 is 5.32 Å². The van der Waals surface area contributed by atoms with Gasteiger partial charge in [0.05, 0.1) is 6.42 Å². The highest BCUT2D eigenvalue weighted by Gasteiger charge is 2.55. The Morgan fingerprint density at radius 2 is 1.60 bits per heavy atom. The Bertz CT molecular complexity index is 1630. The van der Waals surface area contributed by atoms with Crippen molar-refractivity contribution in [2.45, 2.75) is 36.0 Å². The van der Waals surface area contributed by atoms with Crippen molar-refractivity contribution in [3.05, 3.63) is 136 Å². The van der Waals surface area contributed by atoms with E-state index in [2.05, 4.69) is 15.3 Å². The molecule has 1 unspecified atom stereocenters. The molecule has 4 aromatic rings. The predicted octanol–water partition coefficient (Wildman–Crippen LogP) is 5.06. The van der Waals surface area contributed by atoms with Crippen LogP contribution in [-0.4, -0.2) is 49.8 Å². The van der Waals surface area contributed by atoms with Gasteiger partial charge in [-0.2, -0.15) is 0 Å². The Labute approximate surface area is 258 Å². The number of amides is 2. The molecule has 2 aliphatic heterocycles. The first kappa shape index (κ1) is 28.7. The van der Waals surface area contributed by atoms with Gasteiger partial charge >= 0.3 is 5.97 Å². The van der Waals surface area contributed by atoms with Crippen LogP contribution in [0.4, 0.5) is 0 Å². The monoisotopic (exact) mass is 608 g/mol. The van der Waals surface area contributed by atoms with Crippen molar-refractivity contribution in [1.29, 1.82) is 0 Å². The number of benzene rings is 3. The SMILES string of the molecule is Cc1ccnc(SC2=C(C(=O)OC(c3ccccc3)c3ccccc3)N3C(=O)C(NC(=O)Cc4ccccc4)[C@H]3SC2)n1. The molecule has 0 bridgehead atoms. The van der Waals surface area contributed by atoms with Crippen LogP contribution in [0, 0.1) is 6.92 Å². The summed E-state index contributed by atoms with van der Waals surface area (Å²) >= 11 is 2.73. The van der Waals surface area contributed by atoms with Crippen molar-refractivity contribution in [2.75, 3.05) is 5.75 Å². The van der Waals surface area contributed by atoms with E-state index >= 15 is 0 Å². The number of carbonyl (C=O) groups is 3. The van der Waals surface area contributed by atoms with Crippen LogP contribution >= 0.6 is 23.5 Å². The van der Waals surface area contributed by atoms with Gasteiger partial charge in [0.1, 0.15) is 17.1 Å². The molecule has 2 atom stereocenters. The van der Waals surface area contributed by atoms with Crippen LogP contribution in [0.2, 0.25) is 0 Å². The summed E-state index contributed by atoms with van der Waals surface area (Å²) in [6.45, 7) is 1.87. The predicted molar refractivity (Wildman–Crippen MR) is 166 cm³/mol. The summed E-state index contributed by atoms with van der Waals surface area (Å²) in [6.07, 6.45) is 1.14. The third kappa shape index (κ3) is 6.35. The number of nitrogens with zero attached hydrogens (tertiary/aromatic N) is 3. The molecule has 216 valence electrons. The van der Waals surface area contributed by atoms with E-state index in [0.717, 1.165) is 22.4 Å². The van der Waals surface area contributed by atoms with Gasteiger partial charge in [-0.05, 0) is 29.7 Å². The molecule has 6 rings (SSSR count). The molecule has 1 aromatic heterocycles. The summed E-state index contributed by atoms with van der Waals surface area (Å²) < 4.78 is 6.21. The zero-order chi connectivity index (χ0) is 29.8. The third-order valence-electron chi connectivity index (χ3n) is 7.07. The maximum Gasteiger partial charge on any atom is 0.356 e. The first-order valence-corrected chi connectivity index (χ1v) is 15.6. The van der Waals surface area contributed by atoms with Gasteiger partial charge in [-0.3, -0.25) is 14.5 Å². The molecule has 0 radical (unpaired) electrons. The first-order chi connectivity index (χ1) is 21.0. The standard InChI is InChI=1S/C33H28N4O4S2/c1-21-17-18-34-33(35-21)43-25-20-42-31-27(36-26(38)19-22-11-5-2-6-12-22)30(39)37(31)28(25)32(40)41-29(23-13-7-3-8-14-23)24-15-9-4-10-16-24/h2-18,27,29,31H,19-20H2,1H3,(H,36,38)/t27?,31-/m1/s1. The molecule has 8 nitrogen and oxygen atoms in total.